The zero-order valence-electron chi connectivity index (χ0n) is 11.0. The molecule has 0 unspecified atom stereocenters. The number of rotatable bonds is 5. The maximum Gasteiger partial charge on any atom is 0.337 e. The molecule has 0 atom stereocenters. The second-order valence-corrected chi connectivity index (χ2v) is 5.97. The average Bonchev–Trinajstić information content (AvgIpc) is 2.36. The van der Waals surface area contributed by atoms with Gasteiger partial charge < -0.3 is 9.84 Å². The molecule has 18 heavy (non-hydrogen) atoms. The van der Waals surface area contributed by atoms with Gasteiger partial charge in [-0.3, -0.25) is 0 Å². The first-order valence-electron chi connectivity index (χ1n) is 5.87. The van der Waals surface area contributed by atoms with E-state index in [1.165, 1.54) is 7.11 Å². The molecule has 0 bridgehead atoms. The summed E-state index contributed by atoms with van der Waals surface area (Å²) in [4.78, 5) is 11.4. The largest absolute Gasteiger partial charge is 0.465 e. The van der Waals surface area contributed by atoms with Crippen LogP contribution in [0.25, 0.3) is 0 Å². The molecule has 0 aliphatic heterocycles. The Hall–Kier alpha value is -0.870. The molecule has 0 heterocycles. The van der Waals surface area contributed by atoms with Gasteiger partial charge in [-0.25, -0.2) is 4.79 Å². The van der Waals surface area contributed by atoms with E-state index in [1.807, 2.05) is 19.9 Å². The third-order valence-electron chi connectivity index (χ3n) is 2.97. The second-order valence-electron chi connectivity index (χ2n) is 5.12. The van der Waals surface area contributed by atoms with Crippen LogP contribution < -0.4 is 0 Å². The highest BCUT2D eigenvalue weighted by Gasteiger charge is 2.17. The molecule has 0 radical (unpaired) electrons. The molecule has 0 fully saturated rings. The SMILES string of the molecule is COC(=O)c1ccc(CCC(C)(C)CO)c(Br)c1. The van der Waals surface area contributed by atoms with Gasteiger partial charge in [0.2, 0.25) is 0 Å². The van der Waals surface area contributed by atoms with Crippen molar-refractivity contribution in [2.45, 2.75) is 26.7 Å². The topological polar surface area (TPSA) is 46.5 Å². The number of carbonyl (C=O) groups excluding carboxylic acids is 1. The van der Waals surface area contributed by atoms with Gasteiger partial charge >= 0.3 is 5.97 Å². The summed E-state index contributed by atoms with van der Waals surface area (Å²) >= 11 is 3.46. The Bertz CT molecular complexity index is 427. The van der Waals surface area contributed by atoms with E-state index in [2.05, 4.69) is 20.7 Å². The Balaban J connectivity index is 2.77. The molecule has 1 aromatic rings. The standard InChI is InChI=1S/C14H19BrO3/c1-14(2,9-16)7-6-10-4-5-11(8-12(10)15)13(17)18-3/h4-5,8,16H,6-7,9H2,1-3H3. The number of aliphatic hydroxyl groups excluding tert-OH is 1. The number of halogens is 1. The summed E-state index contributed by atoms with van der Waals surface area (Å²) in [5.74, 6) is -0.335. The van der Waals surface area contributed by atoms with Gasteiger partial charge in [-0.05, 0) is 36.0 Å². The molecule has 1 N–H and O–H groups in total. The van der Waals surface area contributed by atoms with Crippen LogP contribution in [0.5, 0.6) is 0 Å². The number of benzene rings is 1. The van der Waals surface area contributed by atoms with Crippen molar-refractivity contribution in [1.82, 2.24) is 0 Å². The first-order valence-corrected chi connectivity index (χ1v) is 6.66. The summed E-state index contributed by atoms with van der Waals surface area (Å²) in [5.41, 5.74) is 1.58. The van der Waals surface area contributed by atoms with E-state index in [4.69, 9.17) is 0 Å². The van der Waals surface area contributed by atoms with Crippen LogP contribution in [0.2, 0.25) is 0 Å². The van der Waals surface area contributed by atoms with Gasteiger partial charge in [0.25, 0.3) is 0 Å². The summed E-state index contributed by atoms with van der Waals surface area (Å²) in [6, 6.07) is 5.45. The van der Waals surface area contributed by atoms with Crippen LogP contribution in [0.3, 0.4) is 0 Å². The Labute approximate surface area is 116 Å². The van der Waals surface area contributed by atoms with Crippen LogP contribution >= 0.6 is 15.9 Å². The molecule has 0 amide bonds. The fourth-order valence-electron chi connectivity index (χ4n) is 1.55. The Morgan fingerprint density at radius 1 is 1.44 bits per heavy atom. The molecular weight excluding hydrogens is 296 g/mol. The summed E-state index contributed by atoms with van der Waals surface area (Å²) in [7, 11) is 1.37. The number of aliphatic hydroxyl groups is 1. The molecule has 0 aromatic heterocycles. The average molecular weight is 315 g/mol. The first-order chi connectivity index (χ1) is 8.39. The lowest BCUT2D eigenvalue weighted by molar-refractivity contribution is 0.0600. The lowest BCUT2D eigenvalue weighted by Gasteiger charge is -2.21. The molecule has 0 saturated carbocycles. The van der Waals surface area contributed by atoms with Crippen molar-refractivity contribution in [3.63, 3.8) is 0 Å². The van der Waals surface area contributed by atoms with Crippen molar-refractivity contribution in [2.24, 2.45) is 5.41 Å². The molecule has 0 saturated heterocycles. The number of ether oxygens (including phenoxy) is 1. The number of hydrogen-bond donors (Lipinski definition) is 1. The van der Waals surface area contributed by atoms with E-state index < -0.39 is 0 Å². The van der Waals surface area contributed by atoms with Crippen molar-refractivity contribution in [2.75, 3.05) is 13.7 Å². The van der Waals surface area contributed by atoms with Crippen LogP contribution in [0.4, 0.5) is 0 Å². The highest BCUT2D eigenvalue weighted by molar-refractivity contribution is 9.10. The van der Waals surface area contributed by atoms with Gasteiger partial charge in [-0.2, -0.15) is 0 Å². The van der Waals surface area contributed by atoms with Gasteiger partial charge in [0.05, 0.1) is 12.7 Å². The van der Waals surface area contributed by atoms with Crippen molar-refractivity contribution >= 4 is 21.9 Å². The van der Waals surface area contributed by atoms with E-state index in [-0.39, 0.29) is 18.0 Å². The Morgan fingerprint density at radius 2 is 2.11 bits per heavy atom. The predicted molar refractivity (Wildman–Crippen MR) is 74.7 cm³/mol. The third kappa shape index (κ3) is 4.10. The highest BCUT2D eigenvalue weighted by atomic mass is 79.9. The van der Waals surface area contributed by atoms with Crippen molar-refractivity contribution in [1.29, 1.82) is 0 Å². The number of carbonyl (C=O) groups is 1. The summed E-state index contributed by atoms with van der Waals surface area (Å²) in [6.45, 7) is 4.23. The minimum Gasteiger partial charge on any atom is -0.465 e. The second kappa shape index (κ2) is 6.34. The lowest BCUT2D eigenvalue weighted by atomic mass is 9.87. The summed E-state index contributed by atoms with van der Waals surface area (Å²) in [5, 5.41) is 9.22. The molecular formula is C14H19BrO3. The molecule has 1 aromatic carbocycles. The van der Waals surface area contributed by atoms with Gasteiger partial charge in [-0.15, -0.1) is 0 Å². The van der Waals surface area contributed by atoms with Crippen molar-refractivity contribution in [3.8, 4) is 0 Å². The lowest BCUT2D eigenvalue weighted by Crippen LogP contribution is -2.17. The third-order valence-corrected chi connectivity index (χ3v) is 3.71. The van der Waals surface area contributed by atoms with Crippen molar-refractivity contribution in [3.05, 3.63) is 33.8 Å². The minimum absolute atomic E-state index is 0.0829. The molecule has 0 aliphatic carbocycles. The fourth-order valence-corrected chi connectivity index (χ4v) is 2.12. The zero-order chi connectivity index (χ0) is 13.8. The number of hydrogen-bond acceptors (Lipinski definition) is 3. The van der Waals surface area contributed by atoms with Crippen LogP contribution in [-0.2, 0) is 11.2 Å². The van der Waals surface area contributed by atoms with E-state index in [0.29, 0.717) is 5.56 Å². The summed E-state index contributed by atoms with van der Waals surface area (Å²) < 4.78 is 5.57. The molecule has 4 heteroatoms. The molecule has 3 nitrogen and oxygen atoms in total. The van der Waals surface area contributed by atoms with Gasteiger partial charge in [0.15, 0.2) is 0 Å². The number of methoxy groups -OCH3 is 1. The summed E-state index contributed by atoms with van der Waals surface area (Å²) in [6.07, 6.45) is 1.75. The molecule has 100 valence electrons. The maximum atomic E-state index is 11.4. The van der Waals surface area contributed by atoms with E-state index in [1.54, 1.807) is 12.1 Å². The zero-order valence-corrected chi connectivity index (χ0v) is 12.6. The number of aryl methyl sites for hydroxylation is 1. The normalized spacial score (nSPS) is 11.4. The van der Waals surface area contributed by atoms with E-state index >= 15 is 0 Å². The Kier molecular flexibility index (Phi) is 5.35. The minimum atomic E-state index is -0.335. The fraction of sp³-hybridized carbons (Fsp3) is 0.500. The smallest absolute Gasteiger partial charge is 0.337 e. The van der Waals surface area contributed by atoms with Crippen LogP contribution in [0.15, 0.2) is 22.7 Å². The number of esters is 1. The van der Waals surface area contributed by atoms with Crippen LogP contribution in [0.1, 0.15) is 36.2 Å². The van der Waals surface area contributed by atoms with Gasteiger partial charge in [0.1, 0.15) is 0 Å². The van der Waals surface area contributed by atoms with E-state index in [9.17, 15) is 9.90 Å². The Morgan fingerprint density at radius 3 is 2.61 bits per heavy atom. The van der Waals surface area contributed by atoms with Gasteiger partial charge in [-0.1, -0.05) is 35.8 Å². The van der Waals surface area contributed by atoms with E-state index in [0.717, 1.165) is 22.9 Å². The molecule has 0 spiro atoms. The monoisotopic (exact) mass is 314 g/mol. The first kappa shape index (κ1) is 15.2. The maximum absolute atomic E-state index is 11.4. The molecule has 0 aliphatic rings. The van der Waals surface area contributed by atoms with Crippen LogP contribution in [0, 0.1) is 5.41 Å². The van der Waals surface area contributed by atoms with Crippen LogP contribution in [-0.4, -0.2) is 24.8 Å². The quantitative estimate of drug-likeness (QED) is 0.849. The van der Waals surface area contributed by atoms with Gasteiger partial charge in [0, 0.05) is 11.1 Å². The highest BCUT2D eigenvalue weighted by Crippen LogP contribution is 2.26. The predicted octanol–water partition coefficient (Wildman–Crippen LogP) is 3.19. The van der Waals surface area contributed by atoms with Crippen molar-refractivity contribution < 1.29 is 14.6 Å². The molecule has 1 rings (SSSR count).